The van der Waals surface area contributed by atoms with Gasteiger partial charge in [-0.25, -0.2) is 4.68 Å². The summed E-state index contributed by atoms with van der Waals surface area (Å²) in [5, 5.41) is 11.1. The molecule has 2 amide bonds. The molecule has 1 aromatic rings. The van der Waals surface area contributed by atoms with Crippen molar-refractivity contribution in [2.24, 2.45) is 0 Å². The van der Waals surface area contributed by atoms with Crippen LogP contribution in [0.15, 0.2) is 6.20 Å². The van der Waals surface area contributed by atoms with E-state index >= 15 is 0 Å². The van der Waals surface area contributed by atoms with Crippen molar-refractivity contribution in [3.63, 3.8) is 0 Å². The number of carbonyl (C=O) groups excluding carboxylic acids is 2. The second-order valence-corrected chi connectivity index (χ2v) is 7.26. The van der Waals surface area contributed by atoms with E-state index in [2.05, 4.69) is 15.6 Å². The van der Waals surface area contributed by atoms with E-state index in [9.17, 15) is 9.59 Å². The fraction of sp³-hybridized carbons (Fsp3) is 0.765. The van der Waals surface area contributed by atoms with E-state index in [1.54, 1.807) is 6.20 Å². The van der Waals surface area contributed by atoms with Crippen molar-refractivity contribution in [1.29, 1.82) is 0 Å². The van der Waals surface area contributed by atoms with Crippen LogP contribution in [0.1, 0.15) is 56.7 Å². The number of amides is 2. The van der Waals surface area contributed by atoms with E-state index in [4.69, 9.17) is 4.74 Å². The molecule has 0 bridgehead atoms. The predicted octanol–water partition coefficient (Wildman–Crippen LogP) is 0.789. The van der Waals surface area contributed by atoms with Crippen LogP contribution >= 0.6 is 0 Å². The van der Waals surface area contributed by atoms with Gasteiger partial charge in [-0.15, -0.1) is 5.10 Å². The topological polar surface area (TPSA) is 89.3 Å². The summed E-state index contributed by atoms with van der Waals surface area (Å²) in [5.41, 5.74) is 0.950. The first kappa shape index (κ1) is 16.5. The Hall–Kier alpha value is -1.96. The number of hydrogen-bond donors (Lipinski definition) is 1. The predicted molar refractivity (Wildman–Crippen MR) is 88.5 cm³/mol. The Labute approximate surface area is 146 Å². The van der Waals surface area contributed by atoms with E-state index in [-0.39, 0.29) is 36.8 Å². The number of aromatic nitrogens is 3. The van der Waals surface area contributed by atoms with E-state index in [0.29, 0.717) is 25.7 Å². The summed E-state index contributed by atoms with van der Waals surface area (Å²) in [6.07, 6.45) is 7.63. The number of nitrogens with zero attached hydrogens (tertiary/aromatic N) is 4. The van der Waals surface area contributed by atoms with Gasteiger partial charge in [0.25, 0.3) is 0 Å². The van der Waals surface area contributed by atoms with Gasteiger partial charge in [0.2, 0.25) is 11.8 Å². The van der Waals surface area contributed by atoms with Gasteiger partial charge in [-0.05, 0) is 19.3 Å². The summed E-state index contributed by atoms with van der Waals surface area (Å²) in [5.74, 6) is 0.0296. The van der Waals surface area contributed by atoms with E-state index in [1.807, 2.05) is 9.58 Å². The molecule has 1 aliphatic carbocycles. The molecule has 0 radical (unpaired) electrons. The first-order chi connectivity index (χ1) is 12.2. The van der Waals surface area contributed by atoms with Crippen molar-refractivity contribution in [2.75, 3.05) is 13.1 Å². The standard InChI is InChI=1S/C17H25N5O3/c23-16(19-12-3-1-2-4-12)5-6-17(24)21-8-7-15-14(10-21)22-13(11-25-15)9-18-20-22/h9,12,14-15H,1-8,10-11H2,(H,19,23)/t14-,15-/m0/s1. The van der Waals surface area contributed by atoms with Crippen LogP contribution in [0, 0.1) is 0 Å². The van der Waals surface area contributed by atoms with Gasteiger partial charge in [0.05, 0.1) is 30.6 Å². The highest BCUT2D eigenvalue weighted by Gasteiger charge is 2.37. The fourth-order valence-electron chi connectivity index (χ4n) is 4.15. The van der Waals surface area contributed by atoms with Gasteiger partial charge in [0.15, 0.2) is 0 Å². The molecular weight excluding hydrogens is 322 g/mol. The van der Waals surface area contributed by atoms with Gasteiger partial charge < -0.3 is 15.0 Å². The average Bonchev–Trinajstić information content (AvgIpc) is 3.30. The Morgan fingerprint density at radius 1 is 1.24 bits per heavy atom. The molecule has 8 heteroatoms. The third kappa shape index (κ3) is 3.53. The maximum absolute atomic E-state index is 12.5. The number of piperidine rings is 1. The van der Waals surface area contributed by atoms with Gasteiger partial charge in [0.1, 0.15) is 0 Å². The van der Waals surface area contributed by atoms with Crippen LogP contribution in [-0.2, 0) is 20.9 Å². The summed E-state index contributed by atoms with van der Waals surface area (Å²) < 4.78 is 7.75. The van der Waals surface area contributed by atoms with Crippen molar-refractivity contribution in [2.45, 2.75) is 69.7 Å². The van der Waals surface area contributed by atoms with Crippen LogP contribution in [0.5, 0.6) is 0 Å². The number of fused-ring (bicyclic) bond motifs is 3. The molecule has 3 heterocycles. The molecule has 1 saturated carbocycles. The molecule has 1 aromatic heterocycles. The molecule has 2 aliphatic heterocycles. The monoisotopic (exact) mass is 347 g/mol. The number of likely N-dealkylation sites (tertiary alicyclic amines) is 1. The van der Waals surface area contributed by atoms with Gasteiger partial charge in [-0.1, -0.05) is 18.1 Å². The van der Waals surface area contributed by atoms with E-state index < -0.39 is 0 Å². The summed E-state index contributed by atoms with van der Waals surface area (Å²) in [6, 6.07) is 0.333. The van der Waals surface area contributed by atoms with Gasteiger partial charge in [0, 0.05) is 32.0 Å². The molecule has 4 rings (SSSR count). The zero-order valence-corrected chi connectivity index (χ0v) is 14.4. The fourth-order valence-corrected chi connectivity index (χ4v) is 4.15. The maximum atomic E-state index is 12.5. The molecule has 0 spiro atoms. The minimum absolute atomic E-state index is 0.00491. The molecule has 136 valence electrons. The minimum Gasteiger partial charge on any atom is -0.370 e. The second-order valence-electron chi connectivity index (χ2n) is 7.26. The first-order valence-electron chi connectivity index (χ1n) is 9.28. The maximum Gasteiger partial charge on any atom is 0.223 e. The van der Waals surface area contributed by atoms with Crippen LogP contribution in [0.4, 0.5) is 0 Å². The number of nitrogens with one attached hydrogen (secondary N) is 1. The van der Waals surface area contributed by atoms with Gasteiger partial charge >= 0.3 is 0 Å². The largest absolute Gasteiger partial charge is 0.370 e. The van der Waals surface area contributed by atoms with Gasteiger partial charge in [-0.2, -0.15) is 0 Å². The lowest BCUT2D eigenvalue weighted by molar-refractivity contribution is -0.139. The Balaban J connectivity index is 1.29. The summed E-state index contributed by atoms with van der Waals surface area (Å²) in [6.45, 7) is 1.78. The molecule has 2 atom stereocenters. The number of carbonyl (C=O) groups is 2. The zero-order valence-electron chi connectivity index (χ0n) is 14.4. The van der Waals surface area contributed by atoms with Crippen molar-refractivity contribution in [3.05, 3.63) is 11.9 Å². The Bertz CT molecular complexity index is 640. The molecule has 1 saturated heterocycles. The summed E-state index contributed by atoms with van der Waals surface area (Å²) in [7, 11) is 0. The van der Waals surface area contributed by atoms with Crippen molar-refractivity contribution >= 4 is 11.8 Å². The summed E-state index contributed by atoms with van der Waals surface area (Å²) >= 11 is 0. The normalized spacial score (nSPS) is 26.2. The minimum atomic E-state index is -0.00491. The third-order valence-electron chi connectivity index (χ3n) is 5.57. The summed E-state index contributed by atoms with van der Waals surface area (Å²) in [4.78, 5) is 26.4. The molecule has 0 aromatic carbocycles. The lowest BCUT2D eigenvalue weighted by atomic mass is 10.00. The van der Waals surface area contributed by atoms with Crippen molar-refractivity contribution in [1.82, 2.24) is 25.2 Å². The van der Waals surface area contributed by atoms with Crippen LogP contribution in [0.25, 0.3) is 0 Å². The van der Waals surface area contributed by atoms with E-state index in [1.165, 1.54) is 12.8 Å². The quantitative estimate of drug-likeness (QED) is 0.870. The Kier molecular flexibility index (Phi) is 4.70. The van der Waals surface area contributed by atoms with Crippen LogP contribution < -0.4 is 5.32 Å². The SMILES string of the molecule is O=C(CCC(=O)N1CC[C@@H]2OCc3cnnn3[C@H]2C1)NC1CCCC1. The lowest BCUT2D eigenvalue weighted by Gasteiger charge is -2.41. The molecule has 3 aliphatic rings. The highest BCUT2D eigenvalue weighted by molar-refractivity contribution is 5.84. The number of ether oxygens (including phenoxy) is 1. The average molecular weight is 347 g/mol. The smallest absolute Gasteiger partial charge is 0.223 e. The van der Waals surface area contributed by atoms with Crippen LogP contribution in [-0.4, -0.2) is 56.9 Å². The zero-order chi connectivity index (χ0) is 17.2. The highest BCUT2D eigenvalue weighted by atomic mass is 16.5. The highest BCUT2D eigenvalue weighted by Crippen LogP contribution is 2.30. The Morgan fingerprint density at radius 3 is 2.92 bits per heavy atom. The lowest BCUT2D eigenvalue weighted by Crippen LogP contribution is -2.50. The molecular formula is C17H25N5O3. The van der Waals surface area contributed by atoms with Crippen LogP contribution in [0.3, 0.4) is 0 Å². The molecule has 2 fully saturated rings. The van der Waals surface area contributed by atoms with Crippen molar-refractivity contribution in [3.8, 4) is 0 Å². The Morgan fingerprint density at radius 2 is 2.08 bits per heavy atom. The van der Waals surface area contributed by atoms with Crippen LogP contribution in [0.2, 0.25) is 0 Å². The second kappa shape index (κ2) is 7.11. The molecule has 0 unspecified atom stereocenters. The van der Waals surface area contributed by atoms with E-state index in [0.717, 1.165) is 25.0 Å². The first-order valence-corrected chi connectivity index (χ1v) is 9.28. The third-order valence-corrected chi connectivity index (χ3v) is 5.57. The van der Waals surface area contributed by atoms with Gasteiger partial charge in [-0.3, -0.25) is 9.59 Å². The number of rotatable bonds is 4. The molecule has 25 heavy (non-hydrogen) atoms. The van der Waals surface area contributed by atoms with Crippen molar-refractivity contribution < 1.29 is 14.3 Å². The molecule has 1 N–H and O–H groups in total. The number of hydrogen-bond acceptors (Lipinski definition) is 5. The molecule has 8 nitrogen and oxygen atoms in total.